The number of amides is 1. The van der Waals surface area contributed by atoms with Crippen LogP contribution in [0.5, 0.6) is 0 Å². The third-order valence-corrected chi connectivity index (χ3v) is 4.02. The zero-order chi connectivity index (χ0) is 18.4. The number of aromatic nitrogens is 1. The molecule has 3 rings (SSSR count). The Morgan fingerprint density at radius 3 is 2.58 bits per heavy atom. The molecule has 5 nitrogen and oxygen atoms in total. The Balaban J connectivity index is 1.65. The highest BCUT2D eigenvalue weighted by atomic mass is 16.1. The Kier molecular flexibility index (Phi) is 5.25. The summed E-state index contributed by atoms with van der Waals surface area (Å²) in [5, 5.41) is 15.1. The van der Waals surface area contributed by atoms with Crippen LogP contribution in [0.3, 0.4) is 0 Å². The van der Waals surface area contributed by atoms with Crippen LogP contribution in [-0.2, 0) is 6.54 Å². The first-order chi connectivity index (χ1) is 12.7. The Morgan fingerprint density at radius 2 is 1.85 bits per heavy atom. The summed E-state index contributed by atoms with van der Waals surface area (Å²) in [5.74, 6) is -0.225. The first-order valence-corrected chi connectivity index (χ1v) is 8.22. The summed E-state index contributed by atoms with van der Waals surface area (Å²) in [6.07, 6.45) is 1.58. The number of pyridine rings is 1. The molecule has 0 unspecified atom stereocenters. The number of nitrogens with zero attached hydrogens (tertiary/aromatic N) is 2. The van der Waals surface area contributed by atoms with E-state index in [0.29, 0.717) is 29.2 Å². The van der Waals surface area contributed by atoms with Crippen LogP contribution in [0.2, 0.25) is 0 Å². The number of aryl methyl sites for hydroxylation is 1. The van der Waals surface area contributed by atoms with Gasteiger partial charge in [0.15, 0.2) is 0 Å². The van der Waals surface area contributed by atoms with Crippen molar-refractivity contribution in [1.29, 1.82) is 5.26 Å². The van der Waals surface area contributed by atoms with E-state index in [1.807, 2.05) is 49.4 Å². The summed E-state index contributed by atoms with van der Waals surface area (Å²) < 4.78 is 0. The van der Waals surface area contributed by atoms with Crippen LogP contribution in [0.25, 0.3) is 0 Å². The van der Waals surface area contributed by atoms with Crippen LogP contribution in [-0.4, -0.2) is 10.9 Å². The van der Waals surface area contributed by atoms with E-state index in [9.17, 15) is 4.79 Å². The van der Waals surface area contributed by atoms with Gasteiger partial charge in [0.05, 0.1) is 23.1 Å². The van der Waals surface area contributed by atoms with Crippen molar-refractivity contribution in [2.45, 2.75) is 13.5 Å². The van der Waals surface area contributed by atoms with Crippen molar-refractivity contribution in [2.24, 2.45) is 0 Å². The second-order valence-corrected chi connectivity index (χ2v) is 5.82. The lowest BCUT2D eigenvalue weighted by molar-refractivity contribution is 0.0946. The monoisotopic (exact) mass is 342 g/mol. The van der Waals surface area contributed by atoms with E-state index < -0.39 is 0 Å². The van der Waals surface area contributed by atoms with E-state index in [1.54, 1.807) is 24.4 Å². The molecule has 5 heteroatoms. The summed E-state index contributed by atoms with van der Waals surface area (Å²) in [7, 11) is 0. The van der Waals surface area contributed by atoms with Crippen LogP contribution in [0.4, 0.5) is 11.4 Å². The van der Waals surface area contributed by atoms with Gasteiger partial charge in [0.25, 0.3) is 5.91 Å². The van der Waals surface area contributed by atoms with E-state index in [4.69, 9.17) is 5.26 Å². The molecule has 128 valence electrons. The minimum Gasteiger partial charge on any atom is -0.353 e. The number of carbonyl (C=O) groups is 1. The number of rotatable bonds is 5. The molecule has 0 spiro atoms. The molecule has 0 atom stereocenters. The fourth-order valence-electron chi connectivity index (χ4n) is 2.52. The molecule has 0 aliphatic carbocycles. The third-order valence-electron chi connectivity index (χ3n) is 4.02. The molecule has 1 amide bonds. The van der Waals surface area contributed by atoms with E-state index in [-0.39, 0.29) is 5.91 Å². The maximum Gasteiger partial charge on any atom is 0.270 e. The molecular weight excluding hydrogens is 324 g/mol. The van der Waals surface area contributed by atoms with Gasteiger partial charge in [-0.2, -0.15) is 5.26 Å². The van der Waals surface area contributed by atoms with Gasteiger partial charge in [0, 0.05) is 6.54 Å². The molecule has 0 radical (unpaired) electrons. The summed E-state index contributed by atoms with van der Waals surface area (Å²) in [4.78, 5) is 16.5. The first kappa shape index (κ1) is 17.2. The normalized spacial score (nSPS) is 10.0. The zero-order valence-electron chi connectivity index (χ0n) is 14.4. The molecule has 0 bridgehead atoms. The molecule has 1 heterocycles. The van der Waals surface area contributed by atoms with Gasteiger partial charge >= 0.3 is 0 Å². The quantitative estimate of drug-likeness (QED) is 0.736. The highest BCUT2D eigenvalue weighted by Crippen LogP contribution is 2.19. The van der Waals surface area contributed by atoms with Gasteiger partial charge in [-0.15, -0.1) is 0 Å². The van der Waals surface area contributed by atoms with Gasteiger partial charge in [0.1, 0.15) is 11.8 Å². The summed E-state index contributed by atoms with van der Waals surface area (Å²) in [6, 6.07) is 20.7. The number of para-hydroxylation sites is 1. The summed E-state index contributed by atoms with van der Waals surface area (Å²) in [5.41, 5.74) is 4.52. The smallest absolute Gasteiger partial charge is 0.270 e. The average molecular weight is 342 g/mol. The molecule has 2 N–H and O–H groups in total. The Morgan fingerprint density at radius 1 is 1.08 bits per heavy atom. The van der Waals surface area contributed by atoms with Gasteiger partial charge in [-0.25, -0.2) is 4.98 Å². The Hall–Kier alpha value is -3.65. The zero-order valence-corrected chi connectivity index (χ0v) is 14.4. The molecular formula is C21H18N4O. The van der Waals surface area contributed by atoms with Crippen molar-refractivity contribution >= 4 is 17.3 Å². The fraction of sp³-hybridized carbons (Fsp3) is 0.0952. The second kappa shape index (κ2) is 7.95. The average Bonchev–Trinajstić information content (AvgIpc) is 2.68. The van der Waals surface area contributed by atoms with Crippen molar-refractivity contribution in [3.05, 3.63) is 89.2 Å². The van der Waals surface area contributed by atoms with E-state index in [2.05, 4.69) is 21.7 Å². The van der Waals surface area contributed by atoms with Crippen LogP contribution < -0.4 is 10.6 Å². The van der Waals surface area contributed by atoms with E-state index in [0.717, 1.165) is 11.1 Å². The SMILES string of the molecule is Cc1ccccc1CNC(=O)c1ccc(Nc2ccccc2C#N)cn1. The van der Waals surface area contributed by atoms with Gasteiger partial charge in [-0.1, -0.05) is 36.4 Å². The number of nitrogens with one attached hydrogen (secondary N) is 2. The molecule has 0 saturated carbocycles. The minimum absolute atomic E-state index is 0.225. The first-order valence-electron chi connectivity index (χ1n) is 8.22. The molecule has 26 heavy (non-hydrogen) atoms. The molecule has 2 aromatic carbocycles. The van der Waals surface area contributed by atoms with Crippen molar-refractivity contribution in [3.8, 4) is 6.07 Å². The standard InChI is InChI=1S/C21H18N4O/c1-15-6-2-3-8-17(15)13-24-21(26)20-11-10-18(14-23-20)25-19-9-5-4-7-16(19)12-22/h2-11,14,25H,13H2,1H3,(H,24,26). The topological polar surface area (TPSA) is 77.8 Å². The molecule has 1 aromatic heterocycles. The molecule has 0 saturated heterocycles. The lowest BCUT2D eigenvalue weighted by Gasteiger charge is -2.09. The van der Waals surface area contributed by atoms with Gasteiger partial charge in [0.2, 0.25) is 0 Å². The van der Waals surface area contributed by atoms with Crippen LogP contribution in [0.15, 0.2) is 66.9 Å². The fourth-order valence-corrected chi connectivity index (χ4v) is 2.52. The number of benzene rings is 2. The molecule has 0 fully saturated rings. The second-order valence-electron chi connectivity index (χ2n) is 5.82. The third kappa shape index (κ3) is 4.05. The van der Waals surface area contributed by atoms with Crippen molar-refractivity contribution < 1.29 is 4.79 Å². The predicted octanol–water partition coefficient (Wildman–Crippen LogP) is 3.94. The van der Waals surface area contributed by atoms with Crippen LogP contribution >= 0.6 is 0 Å². The van der Waals surface area contributed by atoms with Gasteiger partial charge < -0.3 is 10.6 Å². The number of carbonyl (C=O) groups excluding carboxylic acids is 1. The van der Waals surface area contributed by atoms with E-state index in [1.165, 1.54) is 0 Å². The minimum atomic E-state index is -0.225. The van der Waals surface area contributed by atoms with Crippen molar-refractivity contribution in [2.75, 3.05) is 5.32 Å². The summed E-state index contributed by atoms with van der Waals surface area (Å²) >= 11 is 0. The van der Waals surface area contributed by atoms with Gasteiger partial charge in [-0.05, 0) is 42.3 Å². The molecule has 0 aliphatic rings. The van der Waals surface area contributed by atoms with E-state index >= 15 is 0 Å². The Bertz CT molecular complexity index is 958. The van der Waals surface area contributed by atoms with Crippen molar-refractivity contribution in [1.82, 2.24) is 10.3 Å². The largest absolute Gasteiger partial charge is 0.353 e. The number of nitriles is 1. The number of hydrogen-bond acceptors (Lipinski definition) is 4. The maximum atomic E-state index is 12.3. The highest BCUT2D eigenvalue weighted by molar-refractivity contribution is 5.92. The van der Waals surface area contributed by atoms with Gasteiger partial charge in [-0.3, -0.25) is 4.79 Å². The number of hydrogen-bond donors (Lipinski definition) is 2. The van der Waals surface area contributed by atoms with Crippen LogP contribution in [0.1, 0.15) is 27.2 Å². The Labute approximate surface area is 152 Å². The predicted molar refractivity (Wildman–Crippen MR) is 101 cm³/mol. The molecule has 3 aromatic rings. The molecule has 0 aliphatic heterocycles. The summed E-state index contributed by atoms with van der Waals surface area (Å²) in [6.45, 7) is 2.47. The maximum absolute atomic E-state index is 12.3. The number of anilines is 2. The van der Waals surface area contributed by atoms with Crippen LogP contribution in [0, 0.1) is 18.3 Å². The lowest BCUT2D eigenvalue weighted by Crippen LogP contribution is -2.24. The van der Waals surface area contributed by atoms with Crippen molar-refractivity contribution in [3.63, 3.8) is 0 Å². The lowest BCUT2D eigenvalue weighted by atomic mass is 10.1. The highest BCUT2D eigenvalue weighted by Gasteiger charge is 2.08.